The number of benzene rings is 1. The lowest BCUT2D eigenvalue weighted by molar-refractivity contribution is 0.270. The molecule has 1 aromatic carbocycles. The van der Waals surface area contributed by atoms with Crippen LogP contribution in [-0.4, -0.2) is 12.1 Å². The Labute approximate surface area is 111 Å². The molecule has 2 aliphatic carbocycles. The van der Waals surface area contributed by atoms with Crippen molar-refractivity contribution in [3.05, 3.63) is 35.4 Å². The van der Waals surface area contributed by atoms with Crippen molar-refractivity contribution in [2.24, 2.45) is 5.92 Å². The van der Waals surface area contributed by atoms with Crippen molar-refractivity contribution >= 4 is 0 Å². The highest BCUT2D eigenvalue weighted by Crippen LogP contribution is 2.28. The summed E-state index contributed by atoms with van der Waals surface area (Å²) in [5, 5.41) is 3.91. The summed E-state index contributed by atoms with van der Waals surface area (Å²) in [4.78, 5) is 0. The van der Waals surface area contributed by atoms with E-state index < -0.39 is 0 Å². The molecule has 98 valence electrons. The fourth-order valence-corrected chi connectivity index (χ4v) is 3.75. The second-order valence-electron chi connectivity index (χ2n) is 6.17. The molecule has 0 atom stereocenters. The van der Waals surface area contributed by atoms with Gasteiger partial charge in [-0.05, 0) is 55.6 Å². The van der Waals surface area contributed by atoms with Crippen molar-refractivity contribution in [1.82, 2.24) is 5.32 Å². The second kappa shape index (κ2) is 5.44. The van der Waals surface area contributed by atoms with Gasteiger partial charge in [0, 0.05) is 12.1 Å². The Hall–Kier alpha value is -0.820. The van der Waals surface area contributed by atoms with Gasteiger partial charge < -0.3 is 5.32 Å². The third-order valence-corrected chi connectivity index (χ3v) is 4.95. The van der Waals surface area contributed by atoms with E-state index in [9.17, 15) is 0 Å². The molecule has 0 aliphatic heterocycles. The van der Waals surface area contributed by atoms with Gasteiger partial charge in [0.15, 0.2) is 0 Å². The zero-order chi connectivity index (χ0) is 12.4. The van der Waals surface area contributed by atoms with E-state index >= 15 is 0 Å². The number of nitrogens with one attached hydrogen (secondary N) is 1. The molecule has 0 heterocycles. The summed E-state index contributed by atoms with van der Waals surface area (Å²) >= 11 is 0. The molecule has 0 unspecified atom stereocenters. The molecule has 18 heavy (non-hydrogen) atoms. The first kappa shape index (κ1) is 12.2. The van der Waals surface area contributed by atoms with E-state index in [1.807, 2.05) is 0 Å². The molecule has 1 saturated carbocycles. The van der Waals surface area contributed by atoms with E-state index in [1.165, 1.54) is 44.9 Å². The molecular weight excluding hydrogens is 218 g/mol. The van der Waals surface area contributed by atoms with Crippen LogP contribution in [0.25, 0.3) is 0 Å². The largest absolute Gasteiger partial charge is 0.311 e. The van der Waals surface area contributed by atoms with Crippen molar-refractivity contribution in [3.63, 3.8) is 0 Å². The number of fused-ring (bicyclic) bond motifs is 1. The van der Waals surface area contributed by atoms with Gasteiger partial charge in [0.1, 0.15) is 0 Å². The highest BCUT2D eigenvalue weighted by Gasteiger charge is 2.25. The standard InChI is InChI=1S/C17H25N/c1-2-13-7-9-16(10-8-13)18-17-11-14-5-3-4-6-15(14)12-17/h3-6,13,16-18H,2,7-12H2,1H3. The fraction of sp³-hybridized carbons (Fsp3) is 0.647. The molecule has 1 heteroatoms. The van der Waals surface area contributed by atoms with Crippen molar-refractivity contribution in [3.8, 4) is 0 Å². The molecule has 0 radical (unpaired) electrons. The molecule has 3 rings (SSSR count). The second-order valence-corrected chi connectivity index (χ2v) is 6.17. The third kappa shape index (κ3) is 2.61. The van der Waals surface area contributed by atoms with Gasteiger partial charge in [-0.3, -0.25) is 0 Å². The Morgan fingerprint density at radius 2 is 1.56 bits per heavy atom. The molecule has 0 bridgehead atoms. The first-order chi connectivity index (χ1) is 8.85. The van der Waals surface area contributed by atoms with Crippen LogP contribution in [0.4, 0.5) is 0 Å². The van der Waals surface area contributed by atoms with Crippen molar-refractivity contribution < 1.29 is 0 Å². The van der Waals surface area contributed by atoms with Crippen LogP contribution >= 0.6 is 0 Å². The van der Waals surface area contributed by atoms with Crippen molar-refractivity contribution in [2.75, 3.05) is 0 Å². The molecule has 2 aliphatic rings. The fourth-order valence-electron chi connectivity index (χ4n) is 3.75. The van der Waals surface area contributed by atoms with Gasteiger partial charge in [-0.1, -0.05) is 37.6 Å². The smallest absolute Gasteiger partial charge is 0.0151 e. The summed E-state index contributed by atoms with van der Waals surface area (Å²) in [6.07, 6.45) is 9.52. The summed E-state index contributed by atoms with van der Waals surface area (Å²) < 4.78 is 0. The van der Waals surface area contributed by atoms with Crippen molar-refractivity contribution in [1.29, 1.82) is 0 Å². The lowest BCUT2D eigenvalue weighted by Gasteiger charge is -2.30. The van der Waals surface area contributed by atoms with Crippen molar-refractivity contribution in [2.45, 2.75) is 64.0 Å². The van der Waals surface area contributed by atoms with Crippen LogP contribution in [-0.2, 0) is 12.8 Å². The molecule has 0 spiro atoms. The minimum Gasteiger partial charge on any atom is -0.311 e. The average molecular weight is 243 g/mol. The maximum Gasteiger partial charge on any atom is 0.0151 e. The number of hydrogen-bond donors (Lipinski definition) is 1. The zero-order valence-corrected chi connectivity index (χ0v) is 11.5. The lowest BCUT2D eigenvalue weighted by Crippen LogP contribution is -2.40. The minimum atomic E-state index is 0.700. The highest BCUT2D eigenvalue weighted by atomic mass is 15.0. The third-order valence-electron chi connectivity index (χ3n) is 4.95. The summed E-state index contributed by atoms with van der Waals surface area (Å²) in [6.45, 7) is 2.34. The predicted molar refractivity (Wildman–Crippen MR) is 76.8 cm³/mol. The number of hydrogen-bond acceptors (Lipinski definition) is 1. The van der Waals surface area contributed by atoms with Crippen LogP contribution in [0.3, 0.4) is 0 Å². The van der Waals surface area contributed by atoms with Crippen LogP contribution in [0.5, 0.6) is 0 Å². The Morgan fingerprint density at radius 3 is 2.11 bits per heavy atom. The zero-order valence-electron chi connectivity index (χ0n) is 11.5. The molecule has 0 saturated heterocycles. The summed E-state index contributed by atoms with van der Waals surface area (Å²) in [6, 6.07) is 10.4. The monoisotopic (exact) mass is 243 g/mol. The van der Waals surface area contributed by atoms with E-state index in [0.29, 0.717) is 6.04 Å². The van der Waals surface area contributed by atoms with Gasteiger partial charge in [0.2, 0.25) is 0 Å². The van der Waals surface area contributed by atoms with Crippen LogP contribution in [0.15, 0.2) is 24.3 Å². The molecule has 1 fully saturated rings. The Kier molecular flexibility index (Phi) is 3.69. The molecule has 1 N–H and O–H groups in total. The van der Waals surface area contributed by atoms with Gasteiger partial charge in [-0.25, -0.2) is 0 Å². The Bertz CT molecular complexity index is 365. The Morgan fingerprint density at radius 1 is 0.944 bits per heavy atom. The van der Waals surface area contributed by atoms with E-state index in [1.54, 1.807) is 11.1 Å². The minimum absolute atomic E-state index is 0.700. The molecular formula is C17H25N. The van der Waals surface area contributed by atoms with Gasteiger partial charge in [0.05, 0.1) is 0 Å². The van der Waals surface area contributed by atoms with E-state index in [0.717, 1.165) is 12.0 Å². The maximum absolute atomic E-state index is 3.91. The van der Waals surface area contributed by atoms with Gasteiger partial charge >= 0.3 is 0 Å². The maximum atomic E-state index is 3.91. The quantitative estimate of drug-likeness (QED) is 0.853. The van der Waals surface area contributed by atoms with E-state index in [-0.39, 0.29) is 0 Å². The number of rotatable bonds is 3. The van der Waals surface area contributed by atoms with Gasteiger partial charge in [-0.2, -0.15) is 0 Å². The summed E-state index contributed by atoms with van der Waals surface area (Å²) in [5.41, 5.74) is 3.13. The van der Waals surface area contributed by atoms with Crippen LogP contribution < -0.4 is 5.32 Å². The van der Waals surface area contributed by atoms with Crippen LogP contribution in [0.2, 0.25) is 0 Å². The normalized spacial score (nSPS) is 28.3. The first-order valence-corrected chi connectivity index (χ1v) is 7.68. The highest BCUT2D eigenvalue weighted by molar-refractivity contribution is 5.33. The molecule has 1 aromatic rings. The SMILES string of the molecule is CCC1CCC(NC2Cc3ccccc3C2)CC1. The molecule has 0 amide bonds. The van der Waals surface area contributed by atoms with Gasteiger partial charge in [-0.15, -0.1) is 0 Å². The Balaban J connectivity index is 1.51. The summed E-state index contributed by atoms with van der Waals surface area (Å²) in [5.74, 6) is 1.00. The van der Waals surface area contributed by atoms with E-state index in [2.05, 4.69) is 36.5 Å². The average Bonchev–Trinajstić information content (AvgIpc) is 2.82. The molecule has 0 aromatic heterocycles. The predicted octanol–water partition coefficient (Wildman–Crippen LogP) is 3.71. The van der Waals surface area contributed by atoms with Crippen LogP contribution in [0, 0.1) is 5.92 Å². The van der Waals surface area contributed by atoms with Crippen LogP contribution in [0.1, 0.15) is 50.2 Å². The summed E-state index contributed by atoms with van der Waals surface area (Å²) in [7, 11) is 0. The topological polar surface area (TPSA) is 12.0 Å². The van der Waals surface area contributed by atoms with E-state index in [4.69, 9.17) is 0 Å². The first-order valence-electron chi connectivity index (χ1n) is 7.68. The molecule has 1 nitrogen and oxygen atoms in total. The lowest BCUT2D eigenvalue weighted by atomic mass is 9.84. The van der Waals surface area contributed by atoms with Gasteiger partial charge in [0.25, 0.3) is 0 Å².